The summed E-state index contributed by atoms with van der Waals surface area (Å²) in [5.74, 6) is 0.291. The van der Waals surface area contributed by atoms with Crippen LogP contribution >= 0.6 is 15.9 Å². The summed E-state index contributed by atoms with van der Waals surface area (Å²) in [5, 5.41) is 12.2. The number of nitrogens with one attached hydrogen (secondary N) is 1. The highest BCUT2D eigenvalue weighted by atomic mass is 79.9. The minimum atomic E-state index is -0.429. The molecule has 0 aromatic heterocycles. The minimum Gasteiger partial charge on any atom is -0.493 e. The quantitative estimate of drug-likeness (QED) is 0.568. The van der Waals surface area contributed by atoms with Crippen molar-refractivity contribution in [3.05, 3.63) is 63.1 Å². The monoisotopic (exact) mass is 398 g/mol. The van der Waals surface area contributed by atoms with Crippen molar-refractivity contribution in [3.63, 3.8) is 0 Å². The van der Waals surface area contributed by atoms with Crippen molar-refractivity contribution in [2.24, 2.45) is 0 Å². The standard InChI is InChI=1S/C20H19BrN2O2/c1-4-25-19-9-8-15(11-17(19)21)10-16(12-22)20(24)23-18-7-5-6-13(2)14(18)3/h5-11H,4H2,1-3H3,(H,23,24)/b16-10+. The molecule has 0 fully saturated rings. The predicted molar refractivity (Wildman–Crippen MR) is 103 cm³/mol. The van der Waals surface area contributed by atoms with Gasteiger partial charge in [-0.2, -0.15) is 5.26 Å². The summed E-state index contributed by atoms with van der Waals surface area (Å²) in [6, 6.07) is 13.1. The van der Waals surface area contributed by atoms with Gasteiger partial charge in [0.25, 0.3) is 5.91 Å². The maximum Gasteiger partial charge on any atom is 0.266 e. The van der Waals surface area contributed by atoms with E-state index in [0.29, 0.717) is 12.3 Å². The number of hydrogen-bond donors (Lipinski definition) is 1. The first-order valence-corrected chi connectivity index (χ1v) is 8.67. The molecule has 2 aromatic carbocycles. The lowest BCUT2D eigenvalue weighted by atomic mass is 10.1. The van der Waals surface area contributed by atoms with Crippen molar-refractivity contribution in [2.75, 3.05) is 11.9 Å². The van der Waals surface area contributed by atoms with Gasteiger partial charge in [-0.05, 0) is 77.7 Å². The molecule has 0 aliphatic carbocycles. The van der Waals surface area contributed by atoms with Crippen LogP contribution in [0.25, 0.3) is 6.08 Å². The van der Waals surface area contributed by atoms with Crippen molar-refractivity contribution in [2.45, 2.75) is 20.8 Å². The summed E-state index contributed by atoms with van der Waals surface area (Å²) < 4.78 is 6.24. The van der Waals surface area contributed by atoms with E-state index in [9.17, 15) is 10.1 Å². The average Bonchev–Trinajstić information content (AvgIpc) is 2.59. The Balaban J connectivity index is 2.25. The third-order valence-electron chi connectivity index (χ3n) is 3.78. The molecule has 2 rings (SSSR count). The van der Waals surface area contributed by atoms with Crippen LogP contribution in [-0.4, -0.2) is 12.5 Å². The smallest absolute Gasteiger partial charge is 0.266 e. The molecule has 1 N–H and O–H groups in total. The van der Waals surface area contributed by atoms with Gasteiger partial charge in [-0.1, -0.05) is 18.2 Å². The van der Waals surface area contributed by atoms with Crippen LogP contribution in [0.2, 0.25) is 0 Å². The summed E-state index contributed by atoms with van der Waals surface area (Å²) in [6.45, 7) is 6.38. The van der Waals surface area contributed by atoms with E-state index in [1.54, 1.807) is 18.2 Å². The molecular formula is C20H19BrN2O2. The largest absolute Gasteiger partial charge is 0.493 e. The number of anilines is 1. The molecule has 0 spiro atoms. The molecule has 4 nitrogen and oxygen atoms in total. The number of nitriles is 1. The molecule has 2 aromatic rings. The van der Waals surface area contributed by atoms with Crippen LogP contribution < -0.4 is 10.1 Å². The lowest BCUT2D eigenvalue weighted by Crippen LogP contribution is -2.14. The second-order valence-electron chi connectivity index (χ2n) is 5.49. The lowest BCUT2D eigenvalue weighted by Gasteiger charge is -2.10. The minimum absolute atomic E-state index is 0.0389. The molecule has 0 saturated carbocycles. The van der Waals surface area contributed by atoms with Crippen LogP contribution in [0.5, 0.6) is 5.75 Å². The molecule has 25 heavy (non-hydrogen) atoms. The first-order valence-electron chi connectivity index (χ1n) is 7.88. The van der Waals surface area contributed by atoms with Gasteiger partial charge in [0.1, 0.15) is 17.4 Å². The van der Waals surface area contributed by atoms with E-state index in [1.165, 1.54) is 0 Å². The predicted octanol–water partition coefficient (Wildman–Crippen LogP) is 5.01. The van der Waals surface area contributed by atoms with Crippen molar-refractivity contribution in [1.29, 1.82) is 5.26 Å². The number of ether oxygens (including phenoxy) is 1. The van der Waals surface area contributed by atoms with E-state index in [2.05, 4.69) is 21.2 Å². The number of hydrogen-bond acceptors (Lipinski definition) is 3. The van der Waals surface area contributed by atoms with E-state index in [-0.39, 0.29) is 5.57 Å². The first-order chi connectivity index (χ1) is 12.0. The van der Waals surface area contributed by atoms with Gasteiger partial charge in [-0.15, -0.1) is 0 Å². The summed E-state index contributed by atoms with van der Waals surface area (Å²) in [6.07, 6.45) is 1.56. The van der Waals surface area contributed by atoms with Crippen LogP contribution in [0.4, 0.5) is 5.69 Å². The Bertz CT molecular complexity index is 866. The van der Waals surface area contributed by atoms with E-state index in [1.807, 2.05) is 51.1 Å². The number of rotatable bonds is 5. The number of carbonyl (C=O) groups is 1. The molecule has 5 heteroatoms. The molecule has 1 amide bonds. The van der Waals surface area contributed by atoms with E-state index in [0.717, 1.165) is 26.9 Å². The highest BCUT2D eigenvalue weighted by molar-refractivity contribution is 9.10. The molecule has 0 aliphatic heterocycles. The first kappa shape index (κ1) is 18.8. The number of benzene rings is 2. The average molecular weight is 399 g/mol. The lowest BCUT2D eigenvalue weighted by molar-refractivity contribution is -0.112. The molecule has 0 atom stereocenters. The summed E-state index contributed by atoms with van der Waals surface area (Å²) in [4.78, 5) is 12.4. The molecule has 0 unspecified atom stereocenters. The Labute approximate surface area is 156 Å². The summed E-state index contributed by atoms with van der Waals surface area (Å²) in [5.41, 5.74) is 3.55. The Hall–Kier alpha value is -2.58. The third kappa shape index (κ3) is 4.71. The molecule has 0 saturated heterocycles. The normalized spacial score (nSPS) is 10.9. The molecular weight excluding hydrogens is 380 g/mol. The van der Waals surface area contributed by atoms with Gasteiger partial charge in [-0.25, -0.2) is 0 Å². The topological polar surface area (TPSA) is 62.1 Å². The van der Waals surface area contributed by atoms with Crippen molar-refractivity contribution in [3.8, 4) is 11.8 Å². The van der Waals surface area contributed by atoms with Crippen molar-refractivity contribution in [1.82, 2.24) is 0 Å². The van der Waals surface area contributed by atoms with Gasteiger partial charge in [0.15, 0.2) is 0 Å². The highest BCUT2D eigenvalue weighted by Gasteiger charge is 2.12. The van der Waals surface area contributed by atoms with Gasteiger partial charge < -0.3 is 10.1 Å². The maximum absolute atomic E-state index is 12.4. The fourth-order valence-corrected chi connectivity index (χ4v) is 2.78. The van der Waals surface area contributed by atoms with E-state index < -0.39 is 5.91 Å². The Kier molecular flexibility index (Phi) is 6.37. The summed E-state index contributed by atoms with van der Waals surface area (Å²) >= 11 is 3.43. The zero-order valence-corrected chi connectivity index (χ0v) is 16.0. The van der Waals surface area contributed by atoms with Gasteiger partial charge >= 0.3 is 0 Å². The van der Waals surface area contributed by atoms with Crippen LogP contribution in [0.1, 0.15) is 23.6 Å². The van der Waals surface area contributed by atoms with Gasteiger partial charge in [0.05, 0.1) is 11.1 Å². The molecule has 0 radical (unpaired) electrons. The SMILES string of the molecule is CCOc1ccc(/C=C(\C#N)C(=O)Nc2cccc(C)c2C)cc1Br. The Morgan fingerprint density at radius 1 is 1.32 bits per heavy atom. The van der Waals surface area contributed by atoms with Crippen LogP contribution in [0, 0.1) is 25.2 Å². The van der Waals surface area contributed by atoms with Gasteiger partial charge in [-0.3, -0.25) is 4.79 Å². The number of aryl methyl sites for hydroxylation is 1. The summed E-state index contributed by atoms with van der Waals surface area (Å²) in [7, 11) is 0. The van der Waals surface area contributed by atoms with Crippen LogP contribution in [-0.2, 0) is 4.79 Å². The fourth-order valence-electron chi connectivity index (χ4n) is 2.27. The maximum atomic E-state index is 12.4. The van der Waals surface area contributed by atoms with Crippen LogP contribution in [0.15, 0.2) is 46.4 Å². The number of carbonyl (C=O) groups excluding carboxylic acids is 1. The zero-order chi connectivity index (χ0) is 18.4. The number of nitrogens with zero attached hydrogens (tertiary/aromatic N) is 1. The van der Waals surface area contributed by atoms with Crippen molar-refractivity contribution >= 4 is 33.6 Å². The number of amides is 1. The van der Waals surface area contributed by atoms with Crippen molar-refractivity contribution < 1.29 is 9.53 Å². The zero-order valence-electron chi connectivity index (χ0n) is 14.4. The molecule has 0 bridgehead atoms. The fraction of sp³-hybridized carbons (Fsp3) is 0.200. The second-order valence-corrected chi connectivity index (χ2v) is 6.35. The van der Waals surface area contributed by atoms with E-state index in [4.69, 9.17) is 4.74 Å². The molecule has 0 heterocycles. The molecule has 128 valence electrons. The van der Waals surface area contributed by atoms with E-state index >= 15 is 0 Å². The molecule has 0 aliphatic rings. The number of halogens is 1. The van der Waals surface area contributed by atoms with Crippen LogP contribution in [0.3, 0.4) is 0 Å². The van der Waals surface area contributed by atoms with Gasteiger partial charge in [0.2, 0.25) is 0 Å². The Morgan fingerprint density at radius 3 is 2.72 bits per heavy atom. The van der Waals surface area contributed by atoms with Gasteiger partial charge in [0, 0.05) is 5.69 Å². The highest BCUT2D eigenvalue weighted by Crippen LogP contribution is 2.27. The third-order valence-corrected chi connectivity index (χ3v) is 4.40. The second kappa shape index (κ2) is 8.50. The Morgan fingerprint density at radius 2 is 2.08 bits per heavy atom.